The topological polar surface area (TPSA) is 116 Å². The number of hydrogen-bond acceptors (Lipinski definition) is 5. The summed E-state index contributed by atoms with van der Waals surface area (Å²) in [6.07, 6.45) is 3.16. The quantitative estimate of drug-likeness (QED) is 0.665. The second-order valence-electron chi connectivity index (χ2n) is 4.28. The van der Waals surface area contributed by atoms with E-state index in [2.05, 4.69) is 4.98 Å². The van der Waals surface area contributed by atoms with Crippen LogP contribution in [0.1, 0.15) is 10.5 Å². The zero-order valence-electron chi connectivity index (χ0n) is 10.5. The fourth-order valence-corrected chi connectivity index (χ4v) is 1.97. The molecule has 1 aliphatic rings. The fourth-order valence-electron chi connectivity index (χ4n) is 1.97. The van der Waals surface area contributed by atoms with Gasteiger partial charge in [0.1, 0.15) is 11.7 Å². The van der Waals surface area contributed by atoms with Crippen molar-refractivity contribution in [3.63, 3.8) is 0 Å². The molecule has 1 unspecified atom stereocenters. The number of primary amides is 1. The summed E-state index contributed by atoms with van der Waals surface area (Å²) in [5.41, 5.74) is 11.0. The number of rotatable bonds is 4. The molecule has 1 saturated heterocycles. The third kappa shape index (κ3) is 2.91. The van der Waals surface area contributed by atoms with Crippen LogP contribution in [0.25, 0.3) is 0 Å². The minimum Gasteiger partial charge on any atom is -0.377 e. The number of imidazole rings is 1. The van der Waals surface area contributed by atoms with E-state index in [0.717, 1.165) is 0 Å². The van der Waals surface area contributed by atoms with Crippen LogP contribution in [0.2, 0.25) is 0 Å². The highest BCUT2D eigenvalue weighted by molar-refractivity contribution is 5.95. The summed E-state index contributed by atoms with van der Waals surface area (Å²) in [6, 6.07) is -0.735. The number of morpholine rings is 1. The molecular formula is C11H17N5O3. The molecule has 0 aliphatic carbocycles. The monoisotopic (exact) mass is 267 g/mol. The highest BCUT2D eigenvalue weighted by atomic mass is 16.5. The smallest absolute Gasteiger partial charge is 0.274 e. The molecule has 0 bridgehead atoms. The third-order valence-electron chi connectivity index (χ3n) is 2.96. The molecule has 19 heavy (non-hydrogen) atoms. The van der Waals surface area contributed by atoms with Crippen molar-refractivity contribution in [1.82, 2.24) is 14.5 Å². The first-order chi connectivity index (χ1) is 9.13. The molecule has 104 valence electrons. The molecule has 1 aliphatic heterocycles. The summed E-state index contributed by atoms with van der Waals surface area (Å²) in [4.78, 5) is 29.0. The van der Waals surface area contributed by atoms with Crippen LogP contribution in [0.3, 0.4) is 0 Å². The van der Waals surface area contributed by atoms with Crippen molar-refractivity contribution in [2.24, 2.45) is 11.5 Å². The highest BCUT2D eigenvalue weighted by Gasteiger charge is 2.32. The van der Waals surface area contributed by atoms with Crippen molar-refractivity contribution < 1.29 is 14.3 Å². The Morgan fingerprint density at radius 3 is 3.00 bits per heavy atom. The summed E-state index contributed by atoms with van der Waals surface area (Å²) >= 11 is 0. The molecule has 1 aromatic rings. The Balaban J connectivity index is 2.14. The predicted octanol–water partition coefficient (Wildman–Crippen LogP) is -1.83. The van der Waals surface area contributed by atoms with E-state index in [1.165, 1.54) is 4.90 Å². The van der Waals surface area contributed by atoms with Crippen molar-refractivity contribution in [3.05, 3.63) is 18.2 Å². The lowest BCUT2D eigenvalue weighted by atomic mass is 10.2. The van der Waals surface area contributed by atoms with Crippen LogP contribution in [-0.2, 0) is 16.1 Å². The van der Waals surface area contributed by atoms with Crippen LogP contribution in [-0.4, -0.2) is 58.6 Å². The zero-order chi connectivity index (χ0) is 13.8. The van der Waals surface area contributed by atoms with Gasteiger partial charge in [0.05, 0.1) is 19.5 Å². The van der Waals surface area contributed by atoms with E-state index in [4.69, 9.17) is 16.2 Å². The standard InChI is InChI=1S/C11H17N5O3/c12-1-2-15-5-8(14-7-15)11(18)16-3-4-19-6-9(16)10(13)17/h5,7,9H,1-4,6,12H2,(H2,13,17). The van der Waals surface area contributed by atoms with E-state index in [9.17, 15) is 9.59 Å². The van der Waals surface area contributed by atoms with Gasteiger partial charge in [-0.2, -0.15) is 0 Å². The Labute approximate surface area is 110 Å². The lowest BCUT2D eigenvalue weighted by molar-refractivity contribution is -0.127. The van der Waals surface area contributed by atoms with Gasteiger partial charge in [0.15, 0.2) is 0 Å². The Morgan fingerprint density at radius 1 is 1.53 bits per heavy atom. The second-order valence-corrected chi connectivity index (χ2v) is 4.28. The molecule has 0 aromatic carbocycles. The summed E-state index contributed by atoms with van der Waals surface area (Å²) in [7, 11) is 0. The van der Waals surface area contributed by atoms with E-state index >= 15 is 0 Å². The van der Waals surface area contributed by atoms with Gasteiger partial charge < -0.3 is 25.7 Å². The summed E-state index contributed by atoms with van der Waals surface area (Å²) in [5, 5.41) is 0. The van der Waals surface area contributed by atoms with Crippen molar-refractivity contribution in [3.8, 4) is 0 Å². The Bertz CT molecular complexity index is 473. The summed E-state index contributed by atoms with van der Waals surface area (Å²) in [5.74, 6) is -0.891. The van der Waals surface area contributed by atoms with E-state index in [1.807, 2.05) is 0 Å². The molecule has 1 atom stereocenters. The minimum atomic E-state index is -0.735. The van der Waals surface area contributed by atoms with Crippen LogP contribution in [0, 0.1) is 0 Å². The molecule has 0 radical (unpaired) electrons. The molecular weight excluding hydrogens is 250 g/mol. The number of aromatic nitrogens is 2. The number of carbonyl (C=O) groups excluding carboxylic acids is 2. The van der Waals surface area contributed by atoms with Gasteiger partial charge in [0.2, 0.25) is 5.91 Å². The van der Waals surface area contributed by atoms with Gasteiger partial charge in [0.25, 0.3) is 5.91 Å². The number of ether oxygens (including phenoxy) is 1. The van der Waals surface area contributed by atoms with Gasteiger partial charge >= 0.3 is 0 Å². The average molecular weight is 267 g/mol. The SMILES string of the molecule is NCCn1cnc(C(=O)N2CCOCC2C(N)=O)c1. The maximum absolute atomic E-state index is 12.3. The molecule has 2 rings (SSSR count). The van der Waals surface area contributed by atoms with Crippen LogP contribution in [0.5, 0.6) is 0 Å². The molecule has 2 heterocycles. The Kier molecular flexibility index (Phi) is 4.13. The lowest BCUT2D eigenvalue weighted by Gasteiger charge is -2.32. The molecule has 4 N–H and O–H groups in total. The fraction of sp³-hybridized carbons (Fsp3) is 0.545. The first kappa shape index (κ1) is 13.5. The number of carbonyl (C=O) groups is 2. The molecule has 1 aromatic heterocycles. The molecule has 0 saturated carbocycles. The number of hydrogen-bond donors (Lipinski definition) is 2. The van der Waals surface area contributed by atoms with E-state index in [-0.39, 0.29) is 18.2 Å². The van der Waals surface area contributed by atoms with Gasteiger partial charge in [-0.05, 0) is 0 Å². The van der Waals surface area contributed by atoms with E-state index < -0.39 is 11.9 Å². The third-order valence-corrected chi connectivity index (χ3v) is 2.96. The van der Waals surface area contributed by atoms with Crippen LogP contribution in [0.15, 0.2) is 12.5 Å². The first-order valence-corrected chi connectivity index (χ1v) is 6.03. The summed E-state index contributed by atoms with van der Waals surface area (Å²) in [6.45, 7) is 1.90. The van der Waals surface area contributed by atoms with E-state index in [1.54, 1.807) is 17.1 Å². The predicted molar refractivity (Wildman–Crippen MR) is 66.1 cm³/mol. The van der Waals surface area contributed by atoms with Crippen LogP contribution < -0.4 is 11.5 Å². The second kappa shape index (κ2) is 5.81. The summed E-state index contributed by atoms with van der Waals surface area (Å²) < 4.78 is 6.90. The zero-order valence-corrected chi connectivity index (χ0v) is 10.5. The number of nitrogens with zero attached hydrogens (tertiary/aromatic N) is 3. The van der Waals surface area contributed by atoms with Gasteiger partial charge in [-0.25, -0.2) is 4.98 Å². The Morgan fingerprint density at radius 2 is 2.32 bits per heavy atom. The van der Waals surface area contributed by atoms with E-state index in [0.29, 0.717) is 26.2 Å². The molecule has 0 spiro atoms. The normalized spacial score (nSPS) is 19.4. The average Bonchev–Trinajstić information content (AvgIpc) is 2.87. The molecule has 1 fully saturated rings. The maximum Gasteiger partial charge on any atom is 0.274 e. The lowest BCUT2D eigenvalue weighted by Crippen LogP contribution is -2.54. The maximum atomic E-state index is 12.3. The van der Waals surface area contributed by atoms with Crippen molar-refractivity contribution in [1.29, 1.82) is 0 Å². The van der Waals surface area contributed by atoms with Crippen LogP contribution in [0.4, 0.5) is 0 Å². The van der Waals surface area contributed by atoms with Gasteiger partial charge in [0, 0.05) is 25.8 Å². The van der Waals surface area contributed by atoms with Gasteiger partial charge in [-0.3, -0.25) is 9.59 Å². The van der Waals surface area contributed by atoms with Gasteiger partial charge in [-0.1, -0.05) is 0 Å². The molecule has 8 heteroatoms. The molecule has 8 nitrogen and oxygen atoms in total. The molecule has 2 amide bonds. The minimum absolute atomic E-state index is 0.130. The Hall–Kier alpha value is -1.93. The number of nitrogens with two attached hydrogens (primary N) is 2. The first-order valence-electron chi connectivity index (χ1n) is 6.03. The van der Waals surface area contributed by atoms with Crippen molar-refractivity contribution >= 4 is 11.8 Å². The van der Waals surface area contributed by atoms with Crippen molar-refractivity contribution in [2.75, 3.05) is 26.3 Å². The van der Waals surface area contributed by atoms with Crippen molar-refractivity contribution in [2.45, 2.75) is 12.6 Å². The van der Waals surface area contributed by atoms with Crippen LogP contribution >= 0.6 is 0 Å². The largest absolute Gasteiger partial charge is 0.377 e. The highest BCUT2D eigenvalue weighted by Crippen LogP contribution is 2.11. The number of amides is 2. The van der Waals surface area contributed by atoms with Gasteiger partial charge in [-0.15, -0.1) is 0 Å².